The molecule has 4 aromatic carbocycles. The Morgan fingerprint density at radius 1 is 0.700 bits per heavy atom. The number of amides is 10. The van der Waals surface area contributed by atoms with Crippen LogP contribution in [0.4, 0.5) is 8.78 Å². The number of phenols is 1. The Kier molecular flexibility index (Phi) is 25.7. The van der Waals surface area contributed by atoms with E-state index in [2.05, 4.69) is 63.1 Å². The van der Waals surface area contributed by atoms with Gasteiger partial charge >= 0.3 is 5.97 Å². The van der Waals surface area contributed by atoms with Crippen molar-refractivity contribution in [2.45, 2.75) is 137 Å². The number of nitrogens with zero attached hydrogens (tertiary/aromatic N) is 1. The monoisotopic (exact) mass is 1420 g/mol. The molecule has 5 heterocycles. The lowest BCUT2D eigenvalue weighted by Crippen LogP contribution is -2.63. The van der Waals surface area contributed by atoms with Gasteiger partial charge in [-0.15, -0.1) is 0 Å². The molecule has 100 heavy (non-hydrogen) atoms. The molecule has 2 aromatic heterocycles. The Balaban J connectivity index is 1.06. The molecule has 3 aliphatic rings. The van der Waals surface area contributed by atoms with Gasteiger partial charge in [-0.05, 0) is 109 Å². The van der Waals surface area contributed by atoms with Crippen molar-refractivity contribution in [3.63, 3.8) is 0 Å². The standard InChI is InChI=1S/C68H82F2N14O14S2/c1-36(98-3)59-65(95)75-31-57(87)77-50(22-40-28-73-48-14-10-42(69)24-46(40)48)61(91)78-51(23-41-29-74-49-15-11-43(70)25-47(41)49)62(92)80-53(27-58(88)89)64(94)79-52(26-44-30-72-35-76-44)63(93)81-54(21-37-8-12-45(85)13-9-37)66(96)84-18-5-17-68(84,2)67(97)82-55(60(71)90)34-100-33-39-7-4-6-38(20-39)32-99-19-16-56(86)83-59/h4,6-15,20,24-25,28-29,36,44,50-55,59,72-74,76,85H,5,16-19,21-23,26-27,30-35H2,1-3H3,(H2,71,90)(H,75,95)(H,77,87)(H,78,91)(H,79,94)(H,80,92)(H,81,93)(H,82,97)(H,83,86)(H,88,89)/t36-,44?,50+,51+,52+,53+,54+,55+,59+,68+/m1/s1. The topological polar surface area (TPSA) is 419 Å². The largest absolute Gasteiger partial charge is 0.508 e. The summed E-state index contributed by atoms with van der Waals surface area (Å²) in [6.45, 7) is 2.88. The summed E-state index contributed by atoms with van der Waals surface area (Å²) in [5.74, 6) is -10.7. The molecule has 16 N–H and O–H groups in total. The molecule has 2 bridgehead atoms. The molecule has 28 nitrogen and oxygen atoms in total. The highest BCUT2D eigenvalue weighted by molar-refractivity contribution is 7.98. The summed E-state index contributed by atoms with van der Waals surface area (Å²) in [7, 11) is 1.32. The summed E-state index contributed by atoms with van der Waals surface area (Å²) in [5, 5.41) is 48.4. The maximum Gasteiger partial charge on any atom is 0.305 e. The number of carboxylic acids is 1. The number of H-pyrrole nitrogens is 2. The number of halogens is 2. The van der Waals surface area contributed by atoms with Gasteiger partial charge in [0.05, 0.1) is 19.1 Å². The third kappa shape index (κ3) is 19.8. The van der Waals surface area contributed by atoms with Crippen LogP contribution >= 0.6 is 23.5 Å². The molecule has 10 amide bonds. The number of ether oxygens (including phenoxy) is 1. The highest BCUT2D eigenvalue weighted by atomic mass is 32.2. The Bertz CT molecular complexity index is 4010. The number of hydrogen-bond acceptors (Lipinski definition) is 17. The van der Waals surface area contributed by atoms with Crippen LogP contribution in [0.1, 0.15) is 73.8 Å². The first kappa shape index (κ1) is 74.6. The van der Waals surface area contributed by atoms with Gasteiger partial charge in [-0.1, -0.05) is 36.4 Å². The van der Waals surface area contributed by atoms with E-state index in [1.807, 2.05) is 24.3 Å². The average Bonchev–Trinajstić information content (AvgIpc) is 1.58. The Labute approximate surface area is 582 Å². The fourth-order valence-corrected chi connectivity index (χ4v) is 14.2. The summed E-state index contributed by atoms with van der Waals surface area (Å²) >= 11 is 2.77. The molecule has 2 fully saturated rings. The van der Waals surface area contributed by atoms with Crippen molar-refractivity contribution >= 4 is 110 Å². The van der Waals surface area contributed by atoms with Gasteiger partial charge in [0, 0.05) is 116 Å². The normalized spacial score (nSPS) is 24.7. The molecule has 6 aromatic rings. The fraction of sp³-hybridized carbons (Fsp3) is 0.426. The van der Waals surface area contributed by atoms with Crippen LogP contribution in [0.5, 0.6) is 5.75 Å². The lowest BCUT2D eigenvalue weighted by atomic mass is 9.95. The molecule has 32 heteroatoms. The summed E-state index contributed by atoms with van der Waals surface area (Å²) in [6, 6.07) is 9.48. The summed E-state index contributed by atoms with van der Waals surface area (Å²) in [4.78, 5) is 164. The van der Waals surface area contributed by atoms with Gasteiger partial charge in [0.15, 0.2) is 0 Å². The second kappa shape index (κ2) is 34.4. The van der Waals surface area contributed by atoms with Crippen molar-refractivity contribution in [2.75, 3.05) is 44.9 Å². The van der Waals surface area contributed by atoms with Gasteiger partial charge in [0.1, 0.15) is 65.2 Å². The van der Waals surface area contributed by atoms with E-state index in [1.54, 1.807) is 0 Å². The minimum atomic E-state index is -2.02. The number of nitrogens with two attached hydrogens (primary N) is 1. The molecule has 10 atom stereocenters. The number of hydrogen-bond donors (Lipinski definition) is 15. The number of aromatic amines is 2. The Morgan fingerprint density at radius 2 is 1.29 bits per heavy atom. The van der Waals surface area contributed by atoms with Gasteiger partial charge in [-0.2, -0.15) is 23.5 Å². The number of carbonyl (C=O) groups excluding carboxylic acids is 10. The molecule has 3 aliphatic heterocycles. The number of primary amides is 1. The molecular weight excluding hydrogens is 1340 g/mol. The Morgan fingerprint density at radius 3 is 1.90 bits per heavy atom. The van der Waals surface area contributed by atoms with Crippen LogP contribution in [0.2, 0.25) is 0 Å². The first-order valence-corrected chi connectivity index (χ1v) is 34.9. The molecule has 9 rings (SSSR count). The van der Waals surface area contributed by atoms with Crippen molar-refractivity contribution in [1.82, 2.24) is 68.0 Å². The number of carbonyl (C=O) groups is 11. The van der Waals surface area contributed by atoms with Gasteiger partial charge < -0.3 is 88.7 Å². The van der Waals surface area contributed by atoms with E-state index in [0.29, 0.717) is 51.2 Å². The Hall–Kier alpha value is -9.63. The van der Waals surface area contributed by atoms with Crippen molar-refractivity contribution in [2.24, 2.45) is 5.73 Å². The first-order valence-electron chi connectivity index (χ1n) is 32.5. The SMILES string of the molecule is CO[C@H](C)[C@@H]1NC(=O)CCSCc2cccc(c2)CSC[C@@H](C(N)=O)NC(=O)[C@]2(C)CCCN2C(=O)[C@H](Cc2ccc(O)cc2)NC(=O)[C@H](CC2CNCN2)NC(=O)[C@H](CC(=O)O)NC(=O)[C@H](Cc2c[nH]c3ccc(F)cc23)NC(=O)[C@H](Cc2c[nH]c3ccc(F)cc23)NC(=O)CNC1=O. The number of rotatable bonds is 13. The van der Waals surface area contributed by atoms with Crippen LogP contribution in [-0.2, 0) is 88.2 Å². The van der Waals surface area contributed by atoms with Crippen LogP contribution in [0.15, 0.2) is 97.3 Å². The zero-order chi connectivity index (χ0) is 71.8. The number of aromatic hydroxyl groups is 1. The molecule has 1 unspecified atom stereocenters. The van der Waals surface area contributed by atoms with Gasteiger partial charge in [0.25, 0.3) is 0 Å². The van der Waals surface area contributed by atoms with E-state index in [-0.39, 0.29) is 74.3 Å². The van der Waals surface area contributed by atoms with E-state index >= 15 is 19.2 Å². The molecule has 534 valence electrons. The van der Waals surface area contributed by atoms with Crippen LogP contribution < -0.4 is 58.9 Å². The molecule has 2 saturated heterocycles. The maximum absolute atomic E-state index is 15.2. The molecule has 0 spiro atoms. The van der Waals surface area contributed by atoms with E-state index < -0.39 is 156 Å². The number of nitrogens with one attached hydrogen (secondary N) is 12. The maximum atomic E-state index is 15.2. The first-order chi connectivity index (χ1) is 47.8. The third-order valence-electron chi connectivity index (χ3n) is 17.8. The smallest absolute Gasteiger partial charge is 0.305 e. The number of thioether (sulfide) groups is 2. The predicted octanol–water partition coefficient (Wildman–Crippen LogP) is 1.03. The molecular formula is C68H82F2N14O14S2. The van der Waals surface area contributed by atoms with Crippen molar-refractivity contribution < 1.29 is 76.5 Å². The molecule has 0 saturated carbocycles. The van der Waals surface area contributed by atoms with Crippen LogP contribution in [0.3, 0.4) is 0 Å². The van der Waals surface area contributed by atoms with E-state index in [9.17, 15) is 52.6 Å². The minimum absolute atomic E-state index is 0.0297. The van der Waals surface area contributed by atoms with Gasteiger partial charge in [-0.3, -0.25) is 52.7 Å². The number of aromatic nitrogens is 2. The number of benzene rings is 4. The number of aliphatic carboxylic acids is 1. The number of phenolic OH excluding ortho intramolecular Hbond substituents is 1. The molecule has 0 radical (unpaired) electrons. The second-order valence-corrected chi connectivity index (χ2v) is 27.3. The van der Waals surface area contributed by atoms with Crippen molar-refractivity contribution in [1.29, 1.82) is 0 Å². The summed E-state index contributed by atoms with van der Waals surface area (Å²) in [5.41, 5.74) is 7.96. The van der Waals surface area contributed by atoms with Gasteiger partial charge in [0.2, 0.25) is 59.1 Å². The minimum Gasteiger partial charge on any atom is -0.508 e. The number of methoxy groups -OCH3 is 1. The van der Waals surface area contributed by atoms with Crippen LogP contribution in [0.25, 0.3) is 21.8 Å². The molecule has 0 aliphatic carbocycles. The number of fused-ring (bicyclic) bond motifs is 5. The summed E-state index contributed by atoms with van der Waals surface area (Å²) in [6.07, 6.45) is 0.0607. The van der Waals surface area contributed by atoms with E-state index in [4.69, 9.17) is 10.5 Å². The average molecular weight is 1420 g/mol. The van der Waals surface area contributed by atoms with Crippen LogP contribution in [-0.4, -0.2) is 195 Å². The summed E-state index contributed by atoms with van der Waals surface area (Å²) < 4.78 is 35.3. The quantitative estimate of drug-likeness (QED) is 0.0768. The number of carboxylic acid groups (broad SMARTS) is 1. The van der Waals surface area contributed by atoms with E-state index in [0.717, 1.165) is 11.1 Å². The van der Waals surface area contributed by atoms with Crippen LogP contribution in [0, 0.1) is 11.6 Å². The third-order valence-corrected chi connectivity index (χ3v) is 20.0. The highest BCUT2D eigenvalue weighted by Crippen LogP contribution is 2.32. The predicted molar refractivity (Wildman–Crippen MR) is 367 cm³/mol. The van der Waals surface area contributed by atoms with E-state index in [1.165, 1.54) is 122 Å². The second-order valence-electron chi connectivity index (χ2n) is 25.2. The zero-order valence-electron chi connectivity index (χ0n) is 55.1. The fourth-order valence-electron chi connectivity index (χ4n) is 12.3. The van der Waals surface area contributed by atoms with Crippen molar-refractivity contribution in [3.8, 4) is 5.75 Å². The van der Waals surface area contributed by atoms with Crippen molar-refractivity contribution in [3.05, 3.63) is 137 Å². The van der Waals surface area contributed by atoms with Gasteiger partial charge in [-0.25, -0.2) is 8.78 Å². The zero-order valence-corrected chi connectivity index (χ0v) is 56.8. The highest BCUT2D eigenvalue weighted by Gasteiger charge is 2.49. The lowest BCUT2D eigenvalue weighted by Gasteiger charge is -2.37. The lowest BCUT2D eigenvalue weighted by molar-refractivity contribution is -0.147.